The Bertz CT molecular complexity index is 336. The van der Waals surface area contributed by atoms with Crippen LogP contribution in [0.1, 0.15) is 29.9 Å². The normalized spacial score (nSPS) is 24.4. The number of nitrogens with two attached hydrogens (primary N) is 1. The van der Waals surface area contributed by atoms with Crippen LogP contribution in [0.25, 0.3) is 0 Å². The molecule has 1 aliphatic carbocycles. The van der Waals surface area contributed by atoms with E-state index in [4.69, 9.17) is 5.73 Å². The Morgan fingerprint density at radius 3 is 2.21 bits per heavy atom. The van der Waals surface area contributed by atoms with Gasteiger partial charge in [0.15, 0.2) is 0 Å². The second-order valence-corrected chi connectivity index (χ2v) is 5.59. The molecule has 0 radical (unpaired) electrons. The van der Waals surface area contributed by atoms with Crippen LogP contribution in [-0.2, 0) is 5.54 Å². The van der Waals surface area contributed by atoms with E-state index in [-0.39, 0.29) is 5.54 Å². The van der Waals surface area contributed by atoms with Crippen LogP contribution < -0.4 is 5.73 Å². The van der Waals surface area contributed by atoms with Crippen molar-refractivity contribution in [2.24, 2.45) is 5.73 Å². The maximum absolute atomic E-state index is 6.14. The molecule has 1 aromatic carbocycles. The zero-order valence-electron chi connectivity index (χ0n) is 8.20. The van der Waals surface area contributed by atoms with E-state index in [1.165, 1.54) is 22.6 Å². The highest BCUT2D eigenvalue weighted by molar-refractivity contribution is 8.00. The van der Waals surface area contributed by atoms with E-state index in [2.05, 4.69) is 24.3 Å². The van der Waals surface area contributed by atoms with Crippen molar-refractivity contribution in [1.82, 2.24) is 0 Å². The number of thioether (sulfide) groups is 1. The van der Waals surface area contributed by atoms with Crippen LogP contribution >= 0.6 is 11.8 Å². The quantitative estimate of drug-likeness (QED) is 0.802. The fourth-order valence-corrected chi connectivity index (χ4v) is 2.80. The van der Waals surface area contributed by atoms with Gasteiger partial charge in [-0.2, -0.15) is 11.8 Å². The molecule has 2 N–H and O–H groups in total. The van der Waals surface area contributed by atoms with Crippen LogP contribution in [0.4, 0.5) is 0 Å². The molecule has 1 nitrogen and oxygen atoms in total. The fourth-order valence-electron chi connectivity index (χ4n) is 1.94. The maximum atomic E-state index is 6.14. The van der Waals surface area contributed by atoms with Gasteiger partial charge < -0.3 is 5.73 Å². The molecule has 2 fully saturated rings. The van der Waals surface area contributed by atoms with Crippen LogP contribution in [-0.4, -0.2) is 11.5 Å². The Kier molecular flexibility index (Phi) is 1.89. The van der Waals surface area contributed by atoms with Crippen LogP contribution in [0.15, 0.2) is 24.3 Å². The highest BCUT2D eigenvalue weighted by Gasteiger charge is 2.39. The lowest BCUT2D eigenvalue weighted by atomic mass is 9.98. The van der Waals surface area contributed by atoms with Crippen molar-refractivity contribution in [1.29, 1.82) is 0 Å². The highest BCUT2D eigenvalue weighted by Crippen LogP contribution is 2.43. The average Bonchev–Trinajstić information content (AvgIpc) is 2.83. The zero-order valence-corrected chi connectivity index (χ0v) is 9.02. The van der Waals surface area contributed by atoms with Gasteiger partial charge in [0.1, 0.15) is 0 Å². The summed E-state index contributed by atoms with van der Waals surface area (Å²) in [5.74, 6) is 3.40. The molecule has 0 amide bonds. The van der Waals surface area contributed by atoms with Gasteiger partial charge in [-0.1, -0.05) is 24.3 Å². The lowest BCUT2D eigenvalue weighted by Crippen LogP contribution is -2.19. The van der Waals surface area contributed by atoms with Crippen molar-refractivity contribution >= 4 is 11.8 Å². The van der Waals surface area contributed by atoms with E-state index < -0.39 is 0 Å². The smallest absolute Gasteiger partial charge is 0.0411 e. The number of rotatable bonds is 2. The third-order valence-electron chi connectivity index (χ3n) is 3.38. The Morgan fingerprint density at radius 1 is 1.14 bits per heavy atom. The zero-order chi connectivity index (χ0) is 9.60. The first-order chi connectivity index (χ1) is 6.78. The minimum Gasteiger partial charge on any atom is -0.321 e. The van der Waals surface area contributed by atoms with Crippen molar-refractivity contribution in [3.8, 4) is 0 Å². The molecule has 14 heavy (non-hydrogen) atoms. The van der Waals surface area contributed by atoms with Gasteiger partial charge >= 0.3 is 0 Å². The molecule has 1 heterocycles. The summed E-state index contributed by atoms with van der Waals surface area (Å²) in [4.78, 5) is 0. The molecule has 1 saturated heterocycles. The molecule has 1 aromatic rings. The van der Waals surface area contributed by atoms with E-state index in [1.54, 1.807) is 0 Å². The molecule has 1 saturated carbocycles. The van der Waals surface area contributed by atoms with Crippen LogP contribution in [0, 0.1) is 0 Å². The van der Waals surface area contributed by atoms with Crippen molar-refractivity contribution in [3.63, 3.8) is 0 Å². The summed E-state index contributed by atoms with van der Waals surface area (Å²) in [6.07, 6.45) is 2.32. The van der Waals surface area contributed by atoms with Gasteiger partial charge in [-0.05, 0) is 24.0 Å². The van der Waals surface area contributed by atoms with E-state index in [9.17, 15) is 0 Å². The standard InChI is InChI=1S/C12H15NS/c13-12(5-6-12)11-3-1-9(2-4-11)10-7-14-8-10/h1-4,10H,5-8,13H2. The summed E-state index contributed by atoms with van der Waals surface area (Å²) in [5, 5.41) is 0. The Morgan fingerprint density at radius 2 is 1.79 bits per heavy atom. The molecule has 0 atom stereocenters. The number of hydrogen-bond donors (Lipinski definition) is 1. The third-order valence-corrected chi connectivity index (χ3v) is 4.66. The Hall–Kier alpha value is -0.470. The summed E-state index contributed by atoms with van der Waals surface area (Å²) in [5.41, 5.74) is 9.00. The molecule has 0 bridgehead atoms. The summed E-state index contributed by atoms with van der Waals surface area (Å²) >= 11 is 2.04. The van der Waals surface area contributed by atoms with Crippen molar-refractivity contribution in [3.05, 3.63) is 35.4 Å². The Labute approximate surface area is 89.1 Å². The van der Waals surface area contributed by atoms with Gasteiger partial charge in [0.05, 0.1) is 0 Å². The largest absolute Gasteiger partial charge is 0.321 e. The molecule has 3 rings (SSSR count). The minimum atomic E-state index is 0.0346. The molecule has 74 valence electrons. The van der Waals surface area contributed by atoms with Crippen molar-refractivity contribution in [2.45, 2.75) is 24.3 Å². The van der Waals surface area contributed by atoms with E-state index in [1.807, 2.05) is 11.8 Å². The van der Waals surface area contributed by atoms with Gasteiger partial charge in [-0.15, -0.1) is 0 Å². The van der Waals surface area contributed by atoms with Gasteiger partial charge in [0.25, 0.3) is 0 Å². The van der Waals surface area contributed by atoms with Gasteiger partial charge in [-0.3, -0.25) is 0 Å². The fraction of sp³-hybridized carbons (Fsp3) is 0.500. The number of benzene rings is 1. The predicted octanol–water partition coefficient (Wildman–Crippen LogP) is 2.46. The molecular formula is C12H15NS. The average molecular weight is 205 g/mol. The van der Waals surface area contributed by atoms with Crippen LogP contribution in [0.5, 0.6) is 0 Å². The van der Waals surface area contributed by atoms with Gasteiger partial charge in [-0.25, -0.2) is 0 Å². The topological polar surface area (TPSA) is 26.0 Å². The lowest BCUT2D eigenvalue weighted by molar-refractivity contribution is 0.737. The van der Waals surface area contributed by atoms with E-state index in [0.717, 1.165) is 18.8 Å². The highest BCUT2D eigenvalue weighted by atomic mass is 32.2. The summed E-state index contributed by atoms with van der Waals surface area (Å²) < 4.78 is 0. The van der Waals surface area contributed by atoms with E-state index in [0.29, 0.717) is 0 Å². The monoisotopic (exact) mass is 205 g/mol. The summed E-state index contributed by atoms with van der Waals surface area (Å²) in [6.45, 7) is 0. The van der Waals surface area contributed by atoms with Gasteiger partial charge in [0.2, 0.25) is 0 Å². The molecule has 2 heteroatoms. The molecule has 1 aliphatic heterocycles. The molecular weight excluding hydrogens is 190 g/mol. The maximum Gasteiger partial charge on any atom is 0.0411 e. The first-order valence-corrected chi connectivity index (χ1v) is 6.40. The second-order valence-electron chi connectivity index (χ2n) is 4.51. The molecule has 0 spiro atoms. The predicted molar refractivity (Wildman–Crippen MR) is 61.6 cm³/mol. The summed E-state index contributed by atoms with van der Waals surface area (Å²) in [6, 6.07) is 9.00. The van der Waals surface area contributed by atoms with E-state index >= 15 is 0 Å². The lowest BCUT2D eigenvalue weighted by Gasteiger charge is -2.25. The molecule has 0 unspecified atom stereocenters. The van der Waals surface area contributed by atoms with Crippen molar-refractivity contribution < 1.29 is 0 Å². The van der Waals surface area contributed by atoms with Crippen LogP contribution in [0.3, 0.4) is 0 Å². The molecule has 0 aromatic heterocycles. The summed E-state index contributed by atoms with van der Waals surface area (Å²) in [7, 11) is 0. The Balaban J connectivity index is 1.83. The first kappa shape index (κ1) is 8.81. The van der Waals surface area contributed by atoms with Gasteiger partial charge in [0, 0.05) is 23.0 Å². The van der Waals surface area contributed by atoms with Crippen LogP contribution in [0.2, 0.25) is 0 Å². The molecule has 2 aliphatic rings. The third kappa shape index (κ3) is 1.37. The SMILES string of the molecule is NC1(c2ccc(C3CSC3)cc2)CC1. The number of hydrogen-bond acceptors (Lipinski definition) is 2. The van der Waals surface area contributed by atoms with Crippen molar-refractivity contribution in [2.75, 3.05) is 11.5 Å². The second kappa shape index (κ2) is 3.01. The minimum absolute atomic E-state index is 0.0346. The first-order valence-electron chi connectivity index (χ1n) is 5.25.